The molecule has 1 rings (SSSR count). The Morgan fingerprint density at radius 2 is 2.06 bits per heavy atom. The maximum atomic E-state index is 12.5. The first-order chi connectivity index (χ1) is 7.41. The standard InChI is InChI=1S/C10H13F3N2O/c1-15(2)6-7-16-9-8(10(11,12)13)4-3-5-14-9/h3-5H,6-7H2,1-2H3. The third-order valence-electron chi connectivity index (χ3n) is 1.85. The van der Waals surface area contributed by atoms with Gasteiger partial charge in [0.2, 0.25) is 5.88 Å². The molecule has 1 aromatic rings. The van der Waals surface area contributed by atoms with Crippen molar-refractivity contribution >= 4 is 0 Å². The number of hydrogen-bond acceptors (Lipinski definition) is 3. The van der Waals surface area contributed by atoms with E-state index in [9.17, 15) is 13.2 Å². The van der Waals surface area contributed by atoms with Gasteiger partial charge in [0.1, 0.15) is 12.2 Å². The highest BCUT2D eigenvalue weighted by Gasteiger charge is 2.34. The maximum Gasteiger partial charge on any atom is 0.421 e. The van der Waals surface area contributed by atoms with Crippen molar-refractivity contribution in [1.82, 2.24) is 9.88 Å². The second kappa shape index (κ2) is 5.16. The van der Waals surface area contributed by atoms with Crippen molar-refractivity contribution in [2.24, 2.45) is 0 Å². The zero-order valence-electron chi connectivity index (χ0n) is 9.08. The maximum absolute atomic E-state index is 12.5. The van der Waals surface area contributed by atoms with Crippen LogP contribution in [-0.4, -0.2) is 37.1 Å². The van der Waals surface area contributed by atoms with Crippen LogP contribution in [0.1, 0.15) is 5.56 Å². The van der Waals surface area contributed by atoms with Gasteiger partial charge in [-0.2, -0.15) is 13.2 Å². The van der Waals surface area contributed by atoms with Crippen molar-refractivity contribution in [1.29, 1.82) is 0 Å². The minimum atomic E-state index is -4.43. The van der Waals surface area contributed by atoms with Gasteiger partial charge in [-0.1, -0.05) is 0 Å². The summed E-state index contributed by atoms with van der Waals surface area (Å²) in [7, 11) is 3.62. The van der Waals surface area contributed by atoms with Crippen LogP contribution in [0.25, 0.3) is 0 Å². The van der Waals surface area contributed by atoms with Crippen LogP contribution in [0.4, 0.5) is 13.2 Å². The van der Waals surface area contributed by atoms with E-state index in [1.54, 1.807) is 0 Å². The Balaban J connectivity index is 2.72. The summed E-state index contributed by atoms with van der Waals surface area (Å²) in [5.41, 5.74) is -0.839. The smallest absolute Gasteiger partial charge is 0.421 e. The van der Waals surface area contributed by atoms with Gasteiger partial charge in [0.25, 0.3) is 0 Å². The zero-order valence-corrected chi connectivity index (χ0v) is 9.08. The van der Waals surface area contributed by atoms with Gasteiger partial charge in [0.15, 0.2) is 0 Å². The Hall–Kier alpha value is -1.30. The lowest BCUT2D eigenvalue weighted by molar-refractivity contribution is -0.139. The summed E-state index contributed by atoms with van der Waals surface area (Å²) in [5.74, 6) is -0.364. The van der Waals surface area contributed by atoms with Crippen LogP contribution in [0.15, 0.2) is 18.3 Å². The second-order valence-electron chi connectivity index (χ2n) is 3.51. The number of halogens is 3. The van der Waals surface area contributed by atoms with Gasteiger partial charge in [0, 0.05) is 12.7 Å². The summed E-state index contributed by atoms with van der Waals surface area (Å²) in [6, 6.07) is 2.19. The summed E-state index contributed by atoms with van der Waals surface area (Å²) >= 11 is 0. The molecule has 0 spiro atoms. The molecule has 6 heteroatoms. The van der Waals surface area contributed by atoms with E-state index >= 15 is 0 Å². The average Bonchev–Trinajstić information content (AvgIpc) is 2.16. The molecule has 0 bridgehead atoms. The zero-order chi connectivity index (χ0) is 12.2. The largest absolute Gasteiger partial charge is 0.476 e. The van der Waals surface area contributed by atoms with E-state index in [0.29, 0.717) is 6.54 Å². The molecule has 0 aliphatic rings. The molecule has 1 heterocycles. The van der Waals surface area contributed by atoms with E-state index in [1.165, 1.54) is 12.3 Å². The quantitative estimate of drug-likeness (QED) is 0.797. The first-order valence-corrected chi connectivity index (χ1v) is 4.71. The van der Waals surface area contributed by atoms with Crippen LogP contribution in [-0.2, 0) is 6.18 Å². The first kappa shape index (κ1) is 12.8. The van der Waals surface area contributed by atoms with Crippen molar-refractivity contribution in [2.45, 2.75) is 6.18 Å². The second-order valence-corrected chi connectivity index (χ2v) is 3.51. The molecule has 1 aromatic heterocycles. The summed E-state index contributed by atoms with van der Waals surface area (Å²) in [4.78, 5) is 5.40. The predicted molar refractivity (Wildman–Crippen MR) is 53.3 cm³/mol. The summed E-state index contributed by atoms with van der Waals surface area (Å²) < 4.78 is 42.5. The summed E-state index contributed by atoms with van der Waals surface area (Å²) in [5, 5.41) is 0. The molecule has 3 nitrogen and oxygen atoms in total. The van der Waals surface area contributed by atoms with Gasteiger partial charge in [-0.3, -0.25) is 0 Å². The highest BCUT2D eigenvalue weighted by Crippen LogP contribution is 2.34. The minimum absolute atomic E-state index is 0.174. The SMILES string of the molecule is CN(C)CCOc1ncccc1C(F)(F)F. The Morgan fingerprint density at radius 3 is 2.62 bits per heavy atom. The summed E-state index contributed by atoms with van der Waals surface area (Å²) in [6.07, 6.45) is -3.15. The lowest BCUT2D eigenvalue weighted by Crippen LogP contribution is -2.20. The lowest BCUT2D eigenvalue weighted by Gasteiger charge is -2.14. The Labute approximate surface area is 91.8 Å². The highest BCUT2D eigenvalue weighted by atomic mass is 19.4. The first-order valence-electron chi connectivity index (χ1n) is 4.71. The average molecular weight is 234 g/mol. The molecule has 0 fully saturated rings. The summed E-state index contributed by atoms with van der Waals surface area (Å²) in [6.45, 7) is 0.709. The van der Waals surface area contributed by atoms with Gasteiger partial charge < -0.3 is 9.64 Å². The van der Waals surface area contributed by atoms with E-state index in [1.807, 2.05) is 19.0 Å². The molecule has 16 heavy (non-hydrogen) atoms. The topological polar surface area (TPSA) is 25.4 Å². The third kappa shape index (κ3) is 3.69. The third-order valence-corrected chi connectivity index (χ3v) is 1.85. The fraction of sp³-hybridized carbons (Fsp3) is 0.500. The van der Waals surface area contributed by atoms with Gasteiger partial charge >= 0.3 is 6.18 Å². The van der Waals surface area contributed by atoms with Crippen LogP contribution in [0, 0.1) is 0 Å². The Kier molecular flexibility index (Phi) is 4.12. The minimum Gasteiger partial charge on any atom is -0.476 e. The van der Waals surface area contributed by atoms with Crippen LogP contribution in [0.2, 0.25) is 0 Å². The molecule has 0 saturated carbocycles. The monoisotopic (exact) mass is 234 g/mol. The van der Waals surface area contributed by atoms with Crippen molar-refractivity contribution in [2.75, 3.05) is 27.2 Å². The van der Waals surface area contributed by atoms with E-state index in [4.69, 9.17) is 4.74 Å². The van der Waals surface area contributed by atoms with Crippen molar-refractivity contribution in [3.05, 3.63) is 23.9 Å². The molecule has 0 N–H and O–H groups in total. The highest BCUT2D eigenvalue weighted by molar-refractivity contribution is 5.28. The molecular formula is C10H13F3N2O. The number of likely N-dealkylation sites (N-methyl/N-ethyl adjacent to an activating group) is 1. The fourth-order valence-electron chi connectivity index (χ4n) is 1.05. The Bertz CT molecular complexity index is 339. The lowest BCUT2D eigenvalue weighted by atomic mass is 10.2. The van der Waals surface area contributed by atoms with Crippen LogP contribution in [0.5, 0.6) is 5.88 Å². The van der Waals surface area contributed by atoms with E-state index in [2.05, 4.69) is 4.98 Å². The molecule has 0 radical (unpaired) electrons. The molecule has 0 atom stereocenters. The van der Waals surface area contributed by atoms with Gasteiger partial charge in [0.05, 0.1) is 0 Å². The molecule has 0 aliphatic heterocycles. The van der Waals surface area contributed by atoms with Gasteiger partial charge in [-0.25, -0.2) is 4.98 Å². The van der Waals surface area contributed by atoms with Crippen LogP contribution >= 0.6 is 0 Å². The van der Waals surface area contributed by atoms with E-state index in [-0.39, 0.29) is 12.5 Å². The molecular weight excluding hydrogens is 221 g/mol. The number of pyridine rings is 1. The molecule has 0 aliphatic carbocycles. The van der Waals surface area contributed by atoms with Crippen molar-refractivity contribution in [3.63, 3.8) is 0 Å². The van der Waals surface area contributed by atoms with E-state index < -0.39 is 11.7 Å². The predicted octanol–water partition coefficient (Wildman–Crippen LogP) is 2.04. The van der Waals surface area contributed by atoms with Crippen molar-refractivity contribution < 1.29 is 17.9 Å². The molecule has 0 amide bonds. The fourth-order valence-corrected chi connectivity index (χ4v) is 1.05. The van der Waals surface area contributed by atoms with Crippen molar-refractivity contribution in [3.8, 4) is 5.88 Å². The van der Waals surface area contributed by atoms with Crippen LogP contribution < -0.4 is 4.74 Å². The van der Waals surface area contributed by atoms with Crippen LogP contribution in [0.3, 0.4) is 0 Å². The molecule has 0 aromatic carbocycles. The number of hydrogen-bond donors (Lipinski definition) is 0. The molecule has 0 unspecified atom stereocenters. The van der Waals surface area contributed by atoms with Gasteiger partial charge in [-0.15, -0.1) is 0 Å². The molecule has 0 saturated heterocycles. The number of ether oxygens (including phenoxy) is 1. The van der Waals surface area contributed by atoms with E-state index in [0.717, 1.165) is 6.07 Å². The number of rotatable bonds is 4. The van der Waals surface area contributed by atoms with Gasteiger partial charge in [-0.05, 0) is 26.2 Å². The normalized spacial score (nSPS) is 11.9. The molecule has 90 valence electrons. The number of nitrogens with zero attached hydrogens (tertiary/aromatic N) is 2. The Morgan fingerprint density at radius 1 is 1.38 bits per heavy atom. The number of alkyl halides is 3. The number of aromatic nitrogens is 1.